The lowest BCUT2D eigenvalue weighted by atomic mass is 10.0. The molecular formula is C38H41FN6O3S. The first-order valence-electron chi connectivity index (χ1n) is 17.0. The van der Waals surface area contributed by atoms with E-state index in [1.807, 2.05) is 67.7 Å². The summed E-state index contributed by atoms with van der Waals surface area (Å²) >= 11 is 0. The van der Waals surface area contributed by atoms with Crippen LogP contribution in [0.5, 0.6) is 0 Å². The van der Waals surface area contributed by atoms with E-state index >= 15 is 4.39 Å². The van der Waals surface area contributed by atoms with Crippen LogP contribution in [0.1, 0.15) is 40.7 Å². The van der Waals surface area contributed by atoms with Crippen LogP contribution in [-0.2, 0) is 16.3 Å². The average Bonchev–Trinajstić information content (AvgIpc) is 3.48. The SMILES string of the molecule is Cc1cccnc1N(C(=O)c1ccc(-n2cc(CCCN3CCS(=O)(=O)CC3)c3ccc(-c4ccccc4)nc32)c(F)c1)C1CCCNC1. The molecule has 1 atom stereocenters. The second-order valence-electron chi connectivity index (χ2n) is 13.0. The Labute approximate surface area is 286 Å². The Kier molecular flexibility index (Phi) is 9.57. The Morgan fingerprint density at radius 1 is 1.04 bits per heavy atom. The molecule has 0 saturated carbocycles. The molecule has 1 N–H and O–H groups in total. The molecule has 0 radical (unpaired) electrons. The van der Waals surface area contributed by atoms with Crippen LogP contribution < -0.4 is 10.2 Å². The summed E-state index contributed by atoms with van der Waals surface area (Å²) in [5.41, 5.74) is 4.87. The van der Waals surface area contributed by atoms with Gasteiger partial charge in [0.05, 0.1) is 28.9 Å². The minimum Gasteiger partial charge on any atom is -0.315 e. The number of anilines is 1. The molecule has 2 fully saturated rings. The van der Waals surface area contributed by atoms with Gasteiger partial charge < -0.3 is 10.2 Å². The van der Waals surface area contributed by atoms with Crippen LogP contribution in [0, 0.1) is 12.7 Å². The van der Waals surface area contributed by atoms with Gasteiger partial charge in [-0.2, -0.15) is 0 Å². The standard InChI is InChI=1S/C38H41FN6O3S/c1-27-8-5-18-41-36(27)45(31-12-6-17-40-25-31)38(46)29-13-16-35(33(39)24-29)44-26-30(11-7-19-43-20-22-49(47,48)23-21-43)32-14-15-34(42-37(32)44)28-9-3-2-4-10-28/h2-5,8-10,13-16,18,24,26,31,40H,6-7,11-12,17,19-23,25H2,1H3. The summed E-state index contributed by atoms with van der Waals surface area (Å²) in [6.07, 6.45) is 6.96. The first kappa shape index (κ1) is 33.1. The van der Waals surface area contributed by atoms with Gasteiger partial charge in [0.25, 0.3) is 5.91 Å². The number of nitrogens with one attached hydrogen (secondary N) is 1. The van der Waals surface area contributed by atoms with Crippen LogP contribution in [0.3, 0.4) is 0 Å². The summed E-state index contributed by atoms with van der Waals surface area (Å²) in [5, 5.41) is 4.32. The number of nitrogens with zero attached hydrogens (tertiary/aromatic N) is 5. The Hall–Kier alpha value is -4.45. The van der Waals surface area contributed by atoms with Crippen molar-refractivity contribution in [3.63, 3.8) is 0 Å². The third-order valence-corrected chi connectivity index (χ3v) is 11.3. The van der Waals surface area contributed by atoms with Gasteiger partial charge in [-0.25, -0.2) is 22.8 Å². The van der Waals surface area contributed by atoms with Crippen LogP contribution in [0.25, 0.3) is 28.0 Å². The normalized spacial score (nSPS) is 18.0. The molecule has 2 aliphatic rings. The maximum Gasteiger partial charge on any atom is 0.259 e. The number of fused-ring (bicyclic) bond motifs is 1. The number of hydrogen-bond acceptors (Lipinski definition) is 7. The van der Waals surface area contributed by atoms with E-state index in [9.17, 15) is 13.2 Å². The number of benzene rings is 2. The van der Waals surface area contributed by atoms with Crippen molar-refractivity contribution >= 4 is 32.6 Å². The predicted octanol–water partition coefficient (Wildman–Crippen LogP) is 5.60. The molecule has 5 heterocycles. The number of aryl methyl sites for hydroxylation is 2. The number of sulfone groups is 1. The number of aromatic nitrogens is 3. The summed E-state index contributed by atoms with van der Waals surface area (Å²) in [6.45, 7) is 5.37. The minimum atomic E-state index is -2.93. The van der Waals surface area contributed by atoms with E-state index in [4.69, 9.17) is 4.98 Å². The molecule has 7 rings (SSSR count). The van der Waals surface area contributed by atoms with Crippen molar-refractivity contribution in [2.75, 3.05) is 49.1 Å². The summed E-state index contributed by atoms with van der Waals surface area (Å²) in [6, 6.07) is 22.3. The molecule has 1 amide bonds. The number of carbonyl (C=O) groups excluding carboxylic acids is 1. The second kappa shape index (κ2) is 14.2. The number of rotatable bonds is 9. The highest BCUT2D eigenvalue weighted by molar-refractivity contribution is 7.91. The monoisotopic (exact) mass is 680 g/mol. The van der Waals surface area contributed by atoms with E-state index < -0.39 is 15.7 Å². The van der Waals surface area contributed by atoms with Crippen LogP contribution in [0.15, 0.2) is 85.2 Å². The first-order chi connectivity index (χ1) is 23.8. The van der Waals surface area contributed by atoms with Gasteiger partial charge in [0.15, 0.2) is 9.84 Å². The molecule has 5 aromatic rings. The van der Waals surface area contributed by atoms with Crippen molar-refractivity contribution in [1.82, 2.24) is 24.8 Å². The molecule has 1 unspecified atom stereocenters. The summed E-state index contributed by atoms with van der Waals surface area (Å²) in [7, 11) is -2.93. The van der Waals surface area contributed by atoms with E-state index in [0.29, 0.717) is 36.8 Å². The second-order valence-corrected chi connectivity index (χ2v) is 15.3. The molecule has 2 saturated heterocycles. The van der Waals surface area contributed by atoms with Gasteiger partial charge in [-0.15, -0.1) is 0 Å². The summed E-state index contributed by atoms with van der Waals surface area (Å²) < 4.78 is 41.9. The van der Waals surface area contributed by atoms with Crippen molar-refractivity contribution in [1.29, 1.82) is 0 Å². The van der Waals surface area contributed by atoms with Crippen molar-refractivity contribution in [2.45, 2.75) is 38.6 Å². The van der Waals surface area contributed by atoms with Gasteiger partial charge in [0.1, 0.15) is 17.3 Å². The molecule has 9 nitrogen and oxygen atoms in total. The molecular weight excluding hydrogens is 640 g/mol. The molecule has 11 heteroatoms. The van der Waals surface area contributed by atoms with E-state index in [0.717, 1.165) is 66.5 Å². The largest absolute Gasteiger partial charge is 0.315 e. The lowest BCUT2D eigenvalue weighted by molar-refractivity contribution is 0.0970. The molecule has 2 aromatic carbocycles. The van der Waals surface area contributed by atoms with E-state index in [-0.39, 0.29) is 29.0 Å². The maximum absolute atomic E-state index is 16.3. The fraction of sp³-hybridized carbons (Fsp3) is 0.342. The van der Waals surface area contributed by atoms with Crippen molar-refractivity contribution in [2.24, 2.45) is 0 Å². The smallest absolute Gasteiger partial charge is 0.259 e. The fourth-order valence-electron chi connectivity index (χ4n) is 6.98. The molecule has 0 aliphatic carbocycles. The maximum atomic E-state index is 16.3. The quantitative estimate of drug-likeness (QED) is 0.217. The van der Waals surface area contributed by atoms with E-state index in [1.54, 1.807) is 27.8 Å². The highest BCUT2D eigenvalue weighted by Crippen LogP contribution is 2.31. The summed E-state index contributed by atoms with van der Waals surface area (Å²) in [5.74, 6) is 0.194. The van der Waals surface area contributed by atoms with Crippen LogP contribution in [0.4, 0.5) is 10.2 Å². The van der Waals surface area contributed by atoms with Gasteiger partial charge in [-0.1, -0.05) is 36.4 Å². The molecule has 49 heavy (non-hydrogen) atoms. The summed E-state index contributed by atoms with van der Waals surface area (Å²) in [4.78, 5) is 27.6. The van der Waals surface area contributed by atoms with Gasteiger partial charge >= 0.3 is 0 Å². The lowest BCUT2D eigenvalue weighted by Crippen LogP contribution is -2.49. The van der Waals surface area contributed by atoms with Crippen molar-refractivity contribution in [3.05, 3.63) is 108 Å². The van der Waals surface area contributed by atoms with Gasteiger partial charge in [-0.3, -0.25) is 14.3 Å². The average molecular weight is 681 g/mol. The Morgan fingerprint density at radius 3 is 2.59 bits per heavy atom. The van der Waals surface area contributed by atoms with Gasteiger partial charge in [0, 0.05) is 48.5 Å². The number of amides is 1. The third-order valence-electron chi connectivity index (χ3n) is 9.68. The zero-order chi connectivity index (χ0) is 34.0. The minimum absolute atomic E-state index is 0.0940. The molecule has 2 aliphatic heterocycles. The number of piperidine rings is 1. The number of pyridine rings is 2. The Morgan fingerprint density at radius 2 is 1.86 bits per heavy atom. The number of carbonyl (C=O) groups is 1. The topological polar surface area (TPSA) is 100 Å². The Bertz CT molecular complexity index is 2060. The predicted molar refractivity (Wildman–Crippen MR) is 192 cm³/mol. The third kappa shape index (κ3) is 7.15. The van der Waals surface area contributed by atoms with E-state index in [1.165, 1.54) is 6.07 Å². The highest BCUT2D eigenvalue weighted by atomic mass is 32.2. The van der Waals surface area contributed by atoms with Gasteiger partial charge in [0.2, 0.25) is 0 Å². The fourth-order valence-corrected chi connectivity index (χ4v) is 8.26. The van der Waals surface area contributed by atoms with Crippen molar-refractivity contribution < 1.29 is 17.6 Å². The Balaban J connectivity index is 1.21. The van der Waals surface area contributed by atoms with Crippen molar-refractivity contribution in [3.8, 4) is 16.9 Å². The molecule has 0 bridgehead atoms. The highest BCUT2D eigenvalue weighted by Gasteiger charge is 2.30. The van der Waals surface area contributed by atoms with E-state index in [2.05, 4.69) is 15.2 Å². The van der Waals surface area contributed by atoms with Crippen LogP contribution in [-0.4, -0.2) is 84.0 Å². The lowest BCUT2D eigenvalue weighted by Gasteiger charge is -2.34. The van der Waals surface area contributed by atoms with Crippen LogP contribution in [0.2, 0.25) is 0 Å². The molecule has 3 aromatic heterocycles. The number of halogens is 1. The zero-order valence-electron chi connectivity index (χ0n) is 27.7. The number of hydrogen-bond donors (Lipinski definition) is 1. The van der Waals surface area contributed by atoms with Crippen LogP contribution >= 0.6 is 0 Å². The zero-order valence-corrected chi connectivity index (χ0v) is 28.5. The van der Waals surface area contributed by atoms with Gasteiger partial charge in [-0.05, 0) is 93.2 Å². The first-order valence-corrected chi connectivity index (χ1v) is 18.8. The molecule has 0 spiro atoms. The molecule has 254 valence electrons.